The van der Waals surface area contributed by atoms with Gasteiger partial charge in [-0.25, -0.2) is 9.78 Å². The van der Waals surface area contributed by atoms with E-state index in [1.165, 1.54) is 36.5 Å². The van der Waals surface area contributed by atoms with Crippen molar-refractivity contribution >= 4 is 42.2 Å². The molecule has 57 heavy (non-hydrogen) atoms. The highest BCUT2D eigenvalue weighted by Gasteiger charge is 2.67. The predicted molar refractivity (Wildman–Crippen MR) is 201 cm³/mol. The first-order valence-corrected chi connectivity index (χ1v) is 19.5. The Morgan fingerprint density at radius 2 is 1.79 bits per heavy atom. The van der Waals surface area contributed by atoms with Crippen molar-refractivity contribution in [1.82, 2.24) is 20.2 Å². The summed E-state index contributed by atoms with van der Waals surface area (Å²) >= 11 is -0.340. The molecular formula is C38H43BF6N6O5S. The van der Waals surface area contributed by atoms with E-state index in [0.29, 0.717) is 18.3 Å². The van der Waals surface area contributed by atoms with Gasteiger partial charge in [-0.1, -0.05) is 39.0 Å². The number of carbonyl (C=O) groups excluding carboxylic acids is 2. The highest BCUT2D eigenvalue weighted by Crippen LogP contribution is 2.64. The molecule has 0 spiro atoms. The van der Waals surface area contributed by atoms with E-state index < -0.39 is 65.0 Å². The summed E-state index contributed by atoms with van der Waals surface area (Å²) < 4.78 is 93.4. The Labute approximate surface area is 329 Å². The Morgan fingerprint density at radius 3 is 2.47 bits per heavy atom. The first-order chi connectivity index (χ1) is 26.6. The highest BCUT2D eigenvalue weighted by atomic mass is 32.2. The Kier molecular flexibility index (Phi) is 10.5. The van der Waals surface area contributed by atoms with Gasteiger partial charge in [-0.15, -0.1) is 0 Å². The second kappa shape index (κ2) is 14.6. The quantitative estimate of drug-likeness (QED) is 0.0933. The van der Waals surface area contributed by atoms with Crippen molar-refractivity contribution in [3.63, 3.8) is 0 Å². The summed E-state index contributed by atoms with van der Waals surface area (Å²) in [5.74, 6) is -0.384. The first kappa shape index (κ1) is 41.0. The molecule has 2 bridgehead atoms. The summed E-state index contributed by atoms with van der Waals surface area (Å²) in [7, 11) is -0.762. The summed E-state index contributed by atoms with van der Waals surface area (Å²) in [5.41, 5.74) is -7.78. The zero-order valence-electron chi connectivity index (χ0n) is 31.8. The lowest BCUT2D eigenvalue weighted by Crippen LogP contribution is -2.63. The minimum Gasteiger partial charge on any atom is -0.404 e. The maximum atomic E-state index is 14.3. The van der Waals surface area contributed by atoms with Crippen LogP contribution in [0.25, 0.3) is 0 Å². The molecule has 1 saturated heterocycles. The van der Waals surface area contributed by atoms with Crippen LogP contribution in [0.3, 0.4) is 0 Å². The Morgan fingerprint density at radius 1 is 1.05 bits per heavy atom. The molecule has 3 saturated carbocycles. The molecule has 19 heteroatoms. The minimum absolute atomic E-state index is 0.00995. The molecule has 3 heterocycles. The van der Waals surface area contributed by atoms with Gasteiger partial charge in [0.1, 0.15) is 17.6 Å². The molecule has 7 atom stereocenters. The molecule has 3 aliphatic carbocycles. The third-order valence-corrected chi connectivity index (χ3v) is 12.8. The number of nitrogens with one attached hydrogen (secondary N) is 4. The van der Waals surface area contributed by atoms with Gasteiger partial charge in [0.05, 0.1) is 34.9 Å². The molecule has 11 nitrogen and oxygen atoms in total. The van der Waals surface area contributed by atoms with E-state index in [4.69, 9.17) is 9.31 Å². The molecular weight excluding hydrogens is 777 g/mol. The van der Waals surface area contributed by atoms with Gasteiger partial charge < -0.3 is 30.6 Å². The summed E-state index contributed by atoms with van der Waals surface area (Å²) in [6.45, 7) is 9.78. The predicted octanol–water partition coefficient (Wildman–Crippen LogP) is 7.63. The average Bonchev–Trinajstić information content (AvgIpc) is 3.63. The fraction of sp³-hybridized carbons (Fsp3) is 0.526. The van der Waals surface area contributed by atoms with Crippen LogP contribution in [0, 0.1) is 17.3 Å². The number of anilines is 2. The smallest absolute Gasteiger partial charge is 0.404 e. The number of carbonyl (C=O) groups is 2. The summed E-state index contributed by atoms with van der Waals surface area (Å²) in [4.78, 5) is 46.3. The molecule has 4 fully saturated rings. The van der Waals surface area contributed by atoms with Gasteiger partial charge in [-0.05, 0) is 98.0 Å². The number of aromatic nitrogens is 2. The number of alkyl halides is 6. The van der Waals surface area contributed by atoms with Crippen LogP contribution >= 0.6 is 11.8 Å². The van der Waals surface area contributed by atoms with Crippen molar-refractivity contribution in [2.45, 2.75) is 113 Å². The minimum atomic E-state index is -4.57. The molecule has 306 valence electrons. The zero-order chi connectivity index (χ0) is 41.3. The number of urea groups is 1. The van der Waals surface area contributed by atoms with E-state index in [1.54, 1.807) is 6.92 Å². The largest absolute Gasteiger partial charge is 0.481 e. The normalized spacial score (nSPS) is 27.8. The number of hydrogen-bond acceptors (Lipinski definition) is 8. The van der Waals surface area contributed by atoms with Gasteiger partial charge in [-0.3, -0.25) is 14.2 Å². The lowest BCUT2D eigenvalue weighted by atomic mass is 9.45. The standard InChI is InChI=1S/C38H43BF6N6O5S/c1-6-28(39-55-29-25-14-22(34(25,2)3)16-36(29,5)56-39)49-30(52)27-17-35(4,50-33(54)48-23-11-8-12-24(15-23)57-38(43,44)45)32-47-19-26(31(53)51(27)32)46-18-20-9-7-10-21(13-20)37(40,41)42/h7-13,15,19,22,25,27-29,46H,6,14,16-18H2,1-5H3,(H,49,52)(H2,48,50,54)/t22?,25?,27-,28-,29+,35+,36-/m0/s1. The Hall–Kier alpha value is -4.23. The van der Waals surface area contributed by atoms with Crippen LogP contribution in [0.1, 0.15) is 83.3 Å². The van der Waals surface area contributed by atoms with Crippen molar-refractivity contribution in [2.24, 2.45) is 17.3 Å². The van der Waals surface area contributed by atoms with Gasteiger partial charge >= 0.3 is 24.8 Å². The molecule has 0 radical (unpaired) electrons. The number of hydrogen-bond donors (Lipinski definition) is 4. The molecule has 2 aromatic carbocycles. The zero-order valence-corrected chi connectivity index (χ0v) is 32.6. The third-order valence-electron chi connectivity index (χ3n) is 12.1. The van der Waals surface area contributed by atoms with Gasteiger partial charge in [0.15, 0.2) is 0 Å². The first-order valence-electron chi connectivity index (χ1n) is 18.7. The van der Waals surface area contributed by atoms with E-state index in [9.17, 15) is 40.7 Å². The average molecular weight is 821 g/mol. The fourth-order valence-electron chi connectivity index (χ4n) is 8.97. The Balaban J connectivity index is 1.14. The van der Waals surface area contributed by atoms with Crippen molar-refractivity contribution < 1.29 is 45.2 Å². The number of amides is 3. The third kappa shape index (κ3) is 7.98. The van der Waals surface area contributed by atoms with Crippen LogP contribution in [0.4, 0.5) is 42.5 Å². The van der Waals surface area contributed by atoms with Crippen molar-refractivity contribution in [3.8, 4) is 0 Å². The summed E-state index contributed by atoms with van der Waals surface area (Å²) in [6, 6.07) is 7.71. The molecule has 3 amide bonds. The van der Waals surface area contributed by atoms with E-state index >= 15 is 0 Å². The van der Waals surface area contributed by atoms with Crippen molar-refractivity contribution in [2.75, 3.05) is 10.6 Å². The lowest BCUT2D eigenvalue weighted by molar-refractivity contribution is -0.185. The SMILES string of the molecule is CC[C@H](NC(=O)[C@@H]1C[C@@](C)(NC(=O)Nc2cccc(SC(F)(F)F)c2)c2ncc(NCc3cccc(C(F)(F)F)c3)c(=O)n21)B1O[C@@H]2C3CC(C[C@]2(C)O1)C3(C)C. The molecule has 2 unspecified atom stereocenters. The van der Waals surface area contributed by atoms with Gasteiger partial charge in [0.2, 0.25) is 5.91 Å². The maximum Gasteiger partial charge on any atom is 0.481 e. The molecule has 2 aliphatic heterocycles. The van der Waals surface area contributed by atoms with E-state index in [0.717, 1.165) is 35.6 Å². The van der Waals surface area contributed by atoms with E-state index in [1.807, 2.05) is 13.8 Å². The number of nitrogens with zero attached hydrogens (tertiary/aromatic N) is 2. The second-order valence-corrected chi connectivity index (χ2v) is 17.5. The number of thioether (sulfide) groups is 1. The number of fused-ring (bicyclic) bond motifs is 1. The van der Waals surface area contributed by atoms with Crippen LogP contribution in [0.5, 0.6) is 0 Å². The second-order valence-electron chi connectivity index (χ2n) is 16.4. The molecule has 4 N–H and O–H groups in total. The van der Waals surface area contributed by atoms with Crippen LogP contribution in [-0.2, 0) is 32.4 Å². The van der Waals surface area contributed by atoms with Crippen molar-refractivity contribution in [3.05, 3.63) is 82.0 Å². The van der Waals surface area contributed by atoms with Gasteiger partial charge in [-0.2, -0.15) is 26.3 Å². The molecule has 5 aliphatic rings. The number of halogens is 6. The summed E-state index contributed by atoms with van der Waals surface area (Å²) in [5, 5.41) is 11.1. The monoisotopic (exact) mass is 820 g/mol. The van der Waals surface area contributed by atoms with Crippen LogP contribution in [-0.4, -0.2) is 51.8 Å². The summed E-state index contributed by atoms with van der Waals surface area (Å²) in [6.07, 6.45) is -1.41. The van der Waals surface area contributed by atoms with Gasteiger partial charge in [0, 0.05) is 23.5 Å². The highest BCUT2D eigenvalue weighted by molar-refractivity contribution is 8.00. The molecule has 8 rings (SSSR count). The topological polar surface area (TPSA) is 136 Å². The van der Waals surface area contributed by atoms with Crippen LogP contribution in [0.15, 0.2) is 64.4 Å². The lowest BCUT2D eigenvalue weighted by Gasteiger charge is -2.63. The van der Waals surface area contributed by atoms with E-state index in [-0.39, 0.29) is 63.9 Å². The van der Waals surface area contributed by atoms with E-state index in [2.05, 4.69) is 40.1 Å². The van der Waals surface area contributed by atoms with Crippen LogP contribution in [0.2, 0.25) is 0 Å². The number of benzene rings is 2. The molecule has 1 aromatic heterocycles. The Bertz CT molecular complexity index is 2120. The fourth-order valence-corrected chi connectivity index (χ4v) is 9.57. The number of rotatable bonds is 10. The van der Waals surface area contributed by atoms with Crippen LogP contribution < -0.4 is 26.8 Å². The molecule has 3 aromatic rings. The maximum absolute atomic E-state index is 14.3. The van der Waals surface area contributed by atoms with Gasteiger partial charge in [0.25, 0.3) is 5.56 Å². The van der Waals surface area contributed by atoms with Crippen molar-refractivity contribution in [1.29, 1.82) is 0 Å².